The minimum Gasteiger partial charge on any atom is -0.488 e. The smallest absolute Gasteiger partial charge is 0.335 e. The van der Waals surface area contributed by atoms with Gasteiger partial charge in [0.25, 0.3) is 0 Å². The van der Waals surface area contributed by atoms with Crippen molar-refractivity contribution in [3.63, 3.8) is 0 Å². The van der Waals surface area contributed by atoms with Crippen LogP contribution in [0.15, 0.2) is 24.4 Å². The van der Waals surface area contributed by atoms with E-state index in [9.17, 15) is 15.0 Å². The molecule has 0 fully saturated rings. The number of aliphatic hydroxyl groups excluding tert-OH is 1. The van der Waals surface area contributed by atoms with Gasteiger partial charge in [-0.15, -0.1) is 11.3 Å². The van der Waals surface area contributed by atoms with Gasteiger partial charge in [0.2, 0.25) is 0 Å². The molecule has 0 saturated heterocycles. The minimum absolute atomic E-state index is 0.133. The highest BCUT2D eigenvalue weighted by atomic mass is 32.1. The Morgan fingerprint density at radius 3 is 2.57 bits per heavy atom. The zero-order valence-corrected chi connectivity index (χ0v) is 12.8. The number of thiazole rings is 1. The van der Waals surface area contributed by atoms with Crippen LogP contribution in [-0.4, -0.2) is 33.4 Å². The molecule has 0 amide bonds. The molecule has 6 heteroatoms. The molecule has 2 aromatic rings. The SMILES string of the molecule is Cc1cnc(-c2cc(OC(C)C(C)O)cc(C(=O)O)c2)s1. The lowest BCUT2D eigenvalue weighted by Crippen LogP contribution is -2.25. The number of rotatable bonds is 5. The fraction of sp³-hybridized carbons (Fsp3) is 0.333. The van der Waals surface area contributed by atoms with Crippen LogP contribution in [0.2, 0.25) is 0 Å². The van der Waals surface area contributed by atoms with Crippen LogP contribution in [0.4, 0.5) is 0 Å². The van der Waals surface area contributed by atoms with Crippen molar-refractivity contribution in [2.45, 2.75) is 33.0 Å². The molecule has 112 valence electrons. The van der Waals surface area contributed by atoms with Gasteiger partial charge in [-0.25, -0.2) is 9.78 Å². The van der Waals surface area contributed by atoms with Crippen LogP contribution in [0.25, 0.3) is 10.6 Å². The molecule has 2 N–H and O–H groups in total. The number of carboxylic acid groups (broad SMARTS) is 1. The molecule has 1 aromatic carbocycles. The van der Waals surface area contributed by atoms with E-state index in [1.165, 1.54) is 17.4 Å². The summed E-state index contributed by atoms with van der Waals surface area (Å²) in [5, 5.41) is 19.4. The molecule has 1 aromatic heterocycles. The Kier molecular flexibility index (Phi) is 4.59. The molecule has 2 unspecified atom stereocenters. The lowest BCUT2D eigenvalue weighted by atomic mass is 10.1. The highest BCUT2D eigenvalue weighted by Gasteiger charge is 2.15. The molecular formula is C15H17NO4S. The van der Waals surface area contributed by atoms with E-state index in [0.717, 1.165) is 9.88 Å². The molecule has 0 aliphatic heterocycles. The van der Waals surface area contributed by atoms with Gasteiger partial charge in [-0.05, 0) is 39.0 Å². The quantitative estimate of drug-likeness (QED) is 0.887. The van der Waals surface area contributed by atoms with Crippen LogP contribution in [0.1, 0.15) is 29.1 Å². The number of hydrogen-bond donors (Lipinski definition) is 2. The van der Waals surface area contributed by atoms with Crippen LogP contribution in [0.5, 0.6) is 5.75 Å². The van der Waals surface area contributed by atoms with Gasteiger partial charge >= 0.3 is 5.97 Å². The van der Waals surface area contributed by atoms with E-state index in [4.69, 9.17) is 4.74 Å². The Hall–Kier alpha value is -1.92. The predicted molar refractivity (Wildman–Crippen MR) is 81.0 cm³/mol. The van der Waals surface area contributed by atoms with E-state index in [1.54, 1.807) is 32.2 Å². The summed E-state index contributed by atoms with van der Waals surface area (Å²) < 4.78 is 5.60. The number of carbonyl (C=O) groups is 1. The topological polar surface area (TPSA) is 79.7 Å². The second kappa shape index (κ2) is 6.24. The molecular weight excluding hydrogens is 290 g/mol. The maximum atomic E-state index is 11.2. The third-order valence-electron chi connectivity index (χ3n) is 3.02. The molecule has 0 radical (unpaired) electrons. The number of aryl methyl sites for hydroxylation is 1. The maximum Gasteiger partial charge on any atom is 0.335 e. The van der Waals surface area contributed by atoms with E-state index in [-0.39, 0.29) is 5.56 Å². The van der Waals surface area contributed by atoms with E-state index in [2.05, 4.69) is 4.98 Å². The van der Waals surface area contributed by atoms with E-state index in [1.807, 2.05) is 6.92 Å². The zero-order chi connectivity index (χ0) is 15.6. The molecule has 1 heterocycles. The van der Waals surface area contributed by atoms with E-state index >= 15 is 0 Å². The number of aliphatic hydroxyl groups is 1. The Morgan fingerprint density at radius 2 is 2.05 bits per heavy atom. The molecule has 5 nitrogen and oxygen atoms in total. The fourth-order valence-electron chi connectivity index (χ4n) is 1.72. The van der Waals surface area contributed by atoms with Gasteiger partial charge in [-0.3, -0.25) is 0 Å². The second-order valence-electron chi connectivity index (χ2n) is 4.89. The van der Waals surface area contributed by atoms with Gasteiger partial charge in [0.05, 0.1) is 11.7 Å². The monoisotopic (exact) mass is 307 g/mol. The average molecular weight is 307 g/mol. The minimum atomic E-state index is -1.03. The van der Waals surface area contributed by atoms with Crippen molar-refractivity contribution in [3.8, 4) is 16.3 Å². The fourth-order valence-corrected chi connectivity index (χ4v) is 2.47. The van der Waals surface area contributed by atoms with Gasteiger partial charge in [0.15, 0.2) is 0 Å². The first kappa shape index (κ1) is 15.5. The lowest BCUT2D eigenvalue weighted by molar-refractivity contribution is 0.0601. The Labute approximate surface area is 126 Å². The standard InChI is InChI=1S/C15H17NO4S/c1-8-7-16-14(21-8)11-4-12(15(18)19)6-13(5-11)20-10(3)9(2)17/h4-7,9-10,17H,1-3H3,(H,18,19). The largest absolute Gasteiger partial charge is 0.488 e. The number of aromatic nitrogens is 1. The Morgan fingerprint density at radius 1 is 1.33 bits per heavy atom. The highest BCUT2D eigenvalue weighted by molar-refractivity contribution is 7.14. The number of nitrogens with zero attached hydrogens (tertiary/aromatic N) is 1. The first-order valence-corrected chi connectivity index (χ1v) is 7.34. The van der Waals surface area contributed by atoms with E-state index < -0.39 is 18.2 Å². The van der Waals surface area contributed by atoms with Crippen LogP contribution in [0, 0.1) is 6.92 Å². The summed E-state index contributed by atoms with van der Waals surface area (Å²) >= 11 is 1.49. The molecule has 0 saturated carbocycles. The number of aromatic carboxylic acids is 1. The summed E-state index contributed by atoms with van der Waals surface area (Å²) in [6.07, 6.45) is 0.663. The first-order chi connectivity index (χ1) is 9.86. The number of benzene rings is 1. The first-order valence-electron chi connectivity index (χ1n) is 6.52. The summed E-state index contributed by atoms with van der Waals surface area (Å²) in [6.45, 7) is 5.29. The van der Waals surface area contributed by atoms with Crippen molar-refractivity contribution in [2.24, 2.45) is 0 Å². The van der Waals surface area contributed by atoms with Crippen LogP contribution < -0.4 is 4.74 Å². The molecule has 0 spiro atoms. The Balaban J connectivity index is 2.41. The van der Waals surface area contributed by atoms with Crippen molar-refractivity contribution in [2.75, 3.05) is 0 Å². The predicted octanol–water partition coefficient (Wildman–Crippen LogP) is 2.96. The number of hydrogen-bond acceptors (Lipinski definition) is 5. The Bertz CT molecular complexity index is 651. The zero-order valence-electron chi connectivity index (χ0n) is 12.0. The van der Waals surface area contributed by atoms with E-state index in [0.29, 0.717) is 11.3 Å². The summed E-state index contributed by atoms with van der Waals surface area (Å²) in [5.74, 6) is -0.620. The molecule has 2 rings (SSSR count). The van der Waals surface area contributed by atoms with Crippen LogP contribution in [0.3, 0.4) is 0 Å². The summed E-state index contributed by atoms with van der Waals surface area (Å²) in [5.41, 5.74) is 0.828. The normalized spacial score (nSPS) is 13.7. The van der Waals surface area contributed by atoms with Gasteiger partial charge < -0.3 is 14.9 Å². The number of ether oxygens (including phenoxy) is 1. The van der Waals surface area contributed by atoms with Gasteiger partial charge in [-0.1, -0.05) is 0 Å². The van der Waals surface area contributed by atoms with Gasteiger partial charge in [0.1, 0.15) is 16.9 Å². The molecule has 0 aliphatic rings. The maximum absolute atomic E-state index is 11.2. The summed E-state index contributed by atoms with van der Waals surface area (Å²) in [6, 6.07) is 4.76. The van der Waals surface area contributed by atoms with Gasteiger partial charge in [0, 0.05) is 16.6 Å². The molecule has 0 bridgehead atoms. The molecule has 0 aliphatic carbocycles. The average Bonchev–Trinajstić information content (AvgIpc) is 2.85. The second-order valence-corrected chi connectivity index (χ2v) is 6.13. The number of carboxylic acids is 1. The third-order valence-corrected chi connectivity index (χ3v) is 3.98. The summed E-state index contributed by atoms with van der Waals surface area (Å²) in [4.78, 5) is 16.5. The van der Waals surface area contributed by atoms with Crippen molar-refractivity contribution < 1.29 is 19.7 Å². The molecule has 2 atom stereocenters. The third kappa shape index (κ3) is 3.80. The van der Waals surface area contributed by atoms with Crippen LogP contribution in [-0.2, 0) is 0 Å². The van der Waals surface area contributed by atoms with Crippen molar-refractivity contribution in [1.29, 1.82) is 0 Å². The van der Waals surface area contributed by atoms with Crippen molar-refractivity contribution in [3.05, 3.63) is 34.8 Å². The highest BCUT2D eigenvalue weighted by Crippen LogP contribution is 2.30. The lowest BCUT2D eigenvalue weighted by Gasteiger charge is -2.18. The van der Waals surface area contributed by atoms with Gasteiger partial charge in [-0.2, -0.15) is 0 Å². The van der Waals surface area contributed by atoms with Crippen LogP contribution >= 0.6 is 11.3 Å². The van der Waals surface area contributed by atoms with Crippen molar-refractivity contribution >= 4 is 17.3 Å². The van der Waals surface area contributed by atoms with Crippen molar-refractivity contribution in [1.82, 2.24) is 4.98 Å². The summed E-state index contributed by atoms with van der Waals surface area (Å²) in [7, 11) is 0. The molecule has 21 heavy (non-hydrogen) atoms.